The van der Waals surface area contributed by atoms with Crippen molar-refractivity contribution in [2.45, 2.75) is 11.7 Å². The van der Waals surface area contributed by atoms with E-state index in [9.17, 15) is 4.79 Å². The van der Waals surface area contributed by atoms with Gasteiger partial charge in [0.25, 0.3) is 0 Å². The van der Waals surface area contributed by atoms with Gasteiger partial charge in [0.2, 0.25) is 0 Å². The SMILES string of the molecule is C=CCn1c(SCC(=O)c2ccc3ccccc3c2)nnc1-c1cccc(Cl)c1. The number of ketones is 1. The van der Waals surface area contributed by atoms with Crippen LogP contribution in [0.15, 0.2) is 84.5 Å². The molecule has 0 aliphatic rings. The number of aromatic nitrogens is 3. The zero-order valence-electron chi connectivity index (χ0n) is 15.6. The summed E-state index contributed by atoms with van der Waals surface area (Å²) in [6.07, 6.45) is 1.78. The third kappa shape index (κ3) is 4.26. The summed E-state index contributed by atoms with van der Waals surface area (Å²) in [6, 6.07) is 21.3. The fraction of sp³-hybridized carbons (Fsp3) is 0.0870. The zero-order chi connectivity index (χ0) is 20.2. The van der Waals surface area contributed by atoms with Crippen molar-refractivity contribution in [3.8, 4) is 11.4 Å². The standard InChI is InChI=1S/C23H18ClN3OS/c1-2-12-27-22(19-8-5-9-20(24)14-19)25-26-23(27)29-15-21(28)18-11-10-16-6-3-4-7-17(16)13-18/h2-11,13-14H,1,12,15H2. The molecule has 0 unspecified atom stereocenters. The Morgan fingerprint density at radius 1 is 1.03 bits per heavy atom. The molecule has 0 bridgehead atoms. The van der Waals surface area contributed by atoms with Crippen molar-refractivity contribution in [3.63, 3.8) is 0 Å². The summed E-state index contributed by atoms with van der Waals surface area (Å²) < 4.78 is 1.94. The molecule has 0 fully saturated rings. The molecule has 1 aromatic heterocycles. The van der Waals surface area contributed by atoms with Gasteiger partial charge in [-0.05, 0) is 29.0 Å². The number of nitrogens with zero attached hydrogens (tertiary/aromatic N) is 3. The van der Waals surface area contributed by atoms with E-state index in [1.54, 1.807) is 6.08 Å². The molecule has 0 aliphatic carbocycles. The Hall–Kier alpha value is -2.89. The van der Waals surface area contributed by atoms with Gasteiger partial charge in [0.1, 0.15) is 0 Å². The van der Waals surface area contributed by atoms with E-state index in [-0.39, 0.29) is 11.5 Å². The quantitative estimate of drug-likeness (QED) is 0.212. The Morgan fingerprint density at radius 3 is 2.66 bits per heavy atom. The molecule has 4 nitrogen and oxygen atoms in total. The number of rotatable bonds is 7. The number of carbonyl (C=O) groups excluding carboxylic acids is 1. The highest BCUT2D eigenvalue weighted by atomic mass is 35.5. The van der Waals surface area contributed by atoms with Gasteiger partial charge in [0.05, 0.1) is 5.75 Å². The van der Waals surface area contributed by atoms with Crippen LogP contribution in [0.2, 0.25) is 5.02 Å². The molecule has 4 rings (SSSR count). The average molecular weight is 420 g/mol. The molecule has 1 heterocycles. The number of carbonyl (C=O) groups is 1. The van der Waals surface area contributed by atoms with Gasteiger partial charge in [-0.15, -0.1) is 16.8 Å². The fourth-order valence-corrected chi connectivity index (χ4v) is 4.14. The summed E-state index contributed by atoms with van der Waals surface area (Å²) >= 11 is 7.49. The number of benzene rings is 3. The van der Waals surface area contributed by atoms with E-state index in [2.05, 4.69) is 16.8 Å². The summed E-state index contributed by atoms with van der Waals surface area (Å²) in [7, 11) is 0. The molecule has 144 valence electrons. The second-order valence-electron chi connectivity index (χ2n) is 6.49. The maximum atomic E-state index is 12.7. The van der Waals surface area contributed by atoms with E-state index < -0.39 is 0 Å². The van der Waals surface area contributed by atoms with Crippen LogP contribution in [0.3, 0.4) is 0 Å². The number of halogens is 1. The lowest BCUT2D eigenvalue weighted by atomic mass is 10.1. The first-order chi connectivity index (χ1) is 14.2. The molecule has 0 saturated carbocycles. The van der Waals surface area contributed by atoms with E-state index in [1.165, 1.54) is 11.8 Å². The number of Topliss-reactive ketones (excluding diaryl/α,β-unsaturated/α-hetero) is 1. The summed E-state index contributed by atoms with van der Waals surface area (Å²) in [5, 5.41) is 12.1. The molecule has 0 atom stereocenters. The van der Waals surface area contributed by atoms with Crippen molar-refractivity contribution in [1.82, 2.24) is 14.8 Å². The second-order valence-corrected chi connectivity index (χ2v) is 7.87. The molecule has 29 heavy (non-hydrogen) atoms. The number of thioether (sulfide) groups is 1. The third-order valence-corrected chi connectivity index (χ3v) is 5.72. The van der Waals surface area contributed by atoms with E-state index in [0.29, 0.717) is 28.1 Å². The highest BCUT2D eigenvalue weighted by Crippen LogP contribution is 2.27. The predicted octanol–water partition coefficient (Wildman–Crippen LogP) is 5.91. The molecule has 0 spiro atoms. The van der Waals surface area contributed by atoms with Crippen molar-refractivity contribution in [2.75, 3.05) is 5.75 Å². The first-order valence-corrected chi connectivity index (χ1v) is 10.5. The molecule has 0 N–H and O–H groups in total. The topological polar surface area (TPSA) is 47.8 Å². The number of hydrogen-bond donors (Lipinski definition) is 0. The van der Waals surface area contributed by atoms with Crippen LogP contribution in [0.25, 0.3) is 22.2 Å². The van der Waals surface area contributed by atoms with Crippen LogP contribution >= 0.6 is 23.4 Å². The van der Waals surface area contributed by atoms with Crippen LogP contribution < -0.4 is 0 Å². The smallest absolute Gasteiger partial charge is 0.192 e. The summed E-state index contributed by atoms with van der Waals surface area (Å²) in [5.74, 6) is 1.04. The van der Waals surface area contributed by atoms with Crippen molar-refractivity contribution < 1.29 is 4.79 Å². The van der Waals surface area contributed by atoms with E-state index in [4.69, 9.17) is 11.6 Å². The summed E-state index contributed by atoms with van der Waals surface area (Å²) in [6.45, 7) is 4.37. The molecule has 6 heteroatoms. The Balaban J connectivity index is 1.55. The van der Waals surface area contributed by atoms with Gasteiger partial charge in [-0.25, -0.2) is 0 Å². The average Bonchev–Trinajstić information content (AvgIpc) is 3.14. The minimum absolute atomic E-state index is 0.0539. The van der Waals surface area contributed by atoms with Crippen molar-refractivity contribution in [2.24, 2.45) is 0 Å². The molecule has 0 saturated heterocycles. The van der Waals surface area contributed by atoms with Gasteiger partial charge in [0.15, 0.2) is 16.8 Å². The summed E-state index contributed by atoms with van der Waals surface area (Å²) in [5.41, 5.74) is 1.57. The van der Waals surface area contributed by atoms with Gasteiger partial charge in [0, 0.05) is 22.7 Å². The normalized spacial score (nSPS) is 10.9. The minimum atomic E-state index is 0.0539. The number of hydrogen-bond acceptors (Lipinski definition) is 4. The van der Waals surface area contributed by atoms with Gasteiger partial charge >= 0.3 is 0 Å². The second kappa shape index (κ2) is 8.64. The molecule has 0 aliphatic heterocycles. The lowest BCUT2D eigenvalue weighted by molar-refractivity contribution is 0.102. The molecular weight excluding hydrogens is 402 g/mol. The lowest BCUT2D eigenvalue weighted by Crippen LogP contribution is -2.05. The maximum Gasteiger partial charge on any atom is 0.192 e. The first kappa shape index (κ1) is 19.4. The number of allylic oxidation sites excluding steroid dienone is 1. The van der Waals surface area contributed by atoms with E-state index in [0.717, 1.165) is 16.3 Å². The predicted molar refractivity (Wildman–Crippen MR) is 120 cm³/mol. The van der Waals surface area contributed by atoms with Gasteiger partial charge in [-0.1, -0.05) is 78.0 Å². The fourth-order valence-electron chi connectivity index (χ4n) is 3.11. The Labute approximate surface area is 178 Å². The third-order valence-electron chi connectivity index (χ3n) is 4.52. The van der Waals surface area contributed by atoms with Crippen LogP contribution in [-0.4, -0.2) is 26.3 Å². The lowest BCUT2D eigenvalue weighted by Gasteiger charge is -2.08. The van der Waals surface area contributed by atoms with Gasteiger partial charge < -0.3 is 0 Å². The van der Waals surface area contributed by atoms with Crippen LogP contribution in [0.5, 0.6) is 0 Å². The van der Waals surface area contributed by atoms with E-state index >= 15 is 0 Å². The molecule has 0 amide bonds. The Morgan fingerprint density at radius 2 is 1.86 bits per heavy atom. The molecule has 4 aromatic rings. The number of fused-ring (bicyclic) bond motifs is 1. The monoisotopic (exact) mass is 419 g/mol. The molecule has 0 radical (unpaired) electrons. The zero-order valence-corrected chi connectivity index (χ0v) is 17.2. The van der Waals surface area contributed by atoms with Gasteiger partial charge in [-0.3, -0.25) is 9.36 Å². The van der Waals surface area contributed by atoms with Crippen LogP contribution in [0.1, 0.15) is 10.4 Å². The largest absolute Gasteiger partial charge is 0.298 e. The van der Waals surface area contributed by atoms with Crippen molar-refractivity contribution >= 4 is 39.9 Å². The van der Waals surface area contributed by atoms with Crippen LogP contribution in [0.4, 0.5) is 0 Å². The minimum Gasteiger partial charge on any atom is -0.298 e. The molecular formula is C23H18ClN3OS. The van der Waals surface area contributed by atoms with Crippen LogP contribution in [-0.2, 0) is 6.54 Å². The molecule has 3 aromatic carbocycles. The highest BCUT2D eigenvalue weighted by Gasteiger charge is 2.16. The van der Waals surface area contributed by atoms with E-state index in [1.807, 2.05) is 71.3 Å². The highest BCUT2D eigenvalue weighted by molar-refractivity contribution is 7.99. The van der Waals surface area contributed by atoms with Crippen molar-refractivity contribution in [3.05, 3.63) is 90.0 Å². The Kier molecular flexibility index (Phi) is 5.79. The summed E-state index contributed by atoms with van der Waals surface area (Å²) in [4.78, 5) is 12.7. The van der Waals surface area contributed by atoms with Crippen molar-refractivity contribution in [1.29, 1.82) is 0 Å². The van der Waals surface area contributed by atoms with Crippen LogP contribution in [0, 0.1) is 0 Å². The first-order valence-electron chi connectivity index (χ1n) is 9.10. The van der Waals surface area contributed by atoms with Gasteiger partial charge in [-0.2, -0.15) is 0 Å². The maximum absolute atomic E-state index is 12.7. The Bertz CT molecular complexity index is 1200.